The van der Waals surface area contributed by atoms with Crippen LogP contribution in [0.4, 0.5) is 4.39 Å². The van der Waals surface area contributed by atoms with E-state index < -0.39 is 5.95 Å². The summed E-state index contributed by atoms with van der Waals surface area (Å²) in [5, 5.41) is 2.93. The zero-order chi connectivity index (χ0) is 13.7. The first-order chi connectivity index (χ1) is 9.15. The SMILES string of the molecule is CSC1(CNC(=O)c2ccnc(F)c2)CCCCC1. The molecule has 0 spiro atoms. The van der Waals surface area contributed by atoms with E-state index in [1.165, 1.54) is 37.6 Å². The molecule has 3 nitrogen and oxygen atoms in total. The zero-order valence-corrected chi connectivity index (χ0v) is 11.9. The Labute approximate surface area is 117 Å². The Bertz CT molecular complexity index is 447. The highest BCUT2D eigenvalue weighted by molar-refractivity contribution is 8.00. The van der Waals surface area contributed by atoms with Crippen molar-refractivity contribution in [3.8, 4) is 0 Å². The van der Waals surface area contributed by atoms with E-state index in [2.05, 4.69) is 16.6 Å². The number of carbonyl (C=O) groups excluding carboxylic acids is 1. The van der Waals surface area contributed by atoms with Crippen LogP contribution in [0.3, 0.4) is 0 Å². The highest BCUT2D eigenvalue weighted by Crippen LogP contribution is 2.37. The highest BCUT2D eigenvalue weighted by atomic mass is 32.2. The maximum absolute atomic E-state index is 13.0. The zero-order valence-electron chi connectivity index (χ0n) is 11.1. The van der Waals surface area contributed by atoms with Gasteiger partial charge in [-0.3, -0.25) is 4.79 Å². The normalized spacial score (nSPS) is 18.0. The third-order valence-electron chi connectivity index (χ3n) is 3.76. The van der Waals surface area contributed by atoms with Crippen LogP contribution in [0, 0.1) is 5.95 Å². The van der Waals surface area contributed by atoms with Crippen molar-refractivity contribution in [1.29, 1.82) is 0 Å². The van der Waals surface area contributed by atoms with Gasteiger partial charge in [0.05, 0.1) is 0 Å². The summed E-state index contributed by atoms with van der Waals surface area (Å²) in [4.78, 5) is 15.4. The molecule has 1 aliphatic carbocycles. The molecule has 0 aliphatic heterocycles. The molecule has 1 fully saturated rings. The average Bonchev–Trinajstić information content (AvgIpc) is 2.46. The van der Waals surface area contributed by atoms with Crippen molar-refractivity contribution < 1.29 is 9.18 Å². The lowest BCUT2D eigenvalue weighted by atomic mass is 9.88. The van der Waals surface area contributed by atoms with Crippen LogP contribution in [0.1, 0.15) is 42.5 Å². The monoisotopic (exact) mass is 282 g/mol. The maximum Gasteiger partial charge on any atom is 0.251 e. The van der Waals surface area contributed by atoms with E-state index in [0.29, 0.717) is 12.1 Å². The van der Waals surface area contributed by atoms with Gasteiger partial charge in [-0.1, -0.05) is 19.3 Å². The van der Waals surface area contributed by atoms with Gasteiger partial charge in [0.2, 0.25) is 5.95 Å². The summed E-state index contributed by atoms with van der Waals surface area (Å²) >= 11 is 1.83. The van der Waals surface area contributed by atoms with Gasteiger partial charge in [-0.25, -0.2) is 4.98 Å². The molecule has 0 atom stereocenters. The highest BCUT2D eigenvalue weighted by Gasteiger charge is 2.31. The van der Waals surface area contributed by atoms with Gasteiger partial charge in [-0.15, -0.1) is 0 Å². The van der Waals surface area contributed by atoms with Crippen molar-refractivity contribution in [2.45, 2.75) is 36.9 Å². The summed E-state index contributed by atoms with van der Waals surface area (Å²) in [6.45, 7) is 0.650. The molecule has 1 N–H and O–H groups in total. The van der Waals surface area contributed by atoms with Gasteiger partial charge in [0.1, 0.15) is 0 Å². The molecule has 19 heavy (non-hydrogen) atoms. The maximum atomic E-state index is 13.0. The van der Waals surface area contributed by atoms with Crippen LogP contribution in [-0.2, 0) is 0 Å². The number of rotatable bonds is 4. The molecule has 0 unspecified atom stereocenters. The lowest BCUT2D eigenvalue weighted by molar-refractivity contribution is 0.0946. The van der Waals surface area contributed by atoms with Crippen LogP contribution in [0.5, 0.6) is 0 Å². The van der Waals surface area contributed by atoms with Crippen LogP contribution in [0.25, 0.3) is 0 Å². The molecular weight excluding hydrogens is 263 g/mol. The molecule has 104 valence electrons. The number of aromatic nitrogens is 1. The second-order valence-corrected chi connectivity index (χ2v) is 6.27. The predicted molar refractivity (Wildman–Crippen MR) is 75.9 cm³/mol. The first-order valence-electron chi connectivity index (χ1n) is 6.60. The molecule has 0 saturated heterocycles. The number of nitrogens with zero attached hydrogens (tertiary/aromatic N) is 1. The number of pyridine rings is 1. The number of carbonyl (C=O) groups is 1. The predicted octanol–water partition coefficient (Wildman–Crippen LogP) is 3.02. The second-order valence-electron chi connectivity index (χ2n) is 5.00. The molecule has 0 aromatic carbocycles. The van der Waals surface area contributed by atoms with E-state index in [1.807, 2.05) is 11.8 Å². The minimum Gasteiger partial charge on any atom is -0.351 e. The number of nitrogens with one attached hydrogen (secondary N) is 1. The number of hydrogen-bond donors (Lipinski definition) is 1. The summed E-state index contributed by atoms with van der Waals surface area (Å²) in [5.74, 6) is -0.842. The molecule has 1 aliphatic rings. The molecule has 1 amide bonds. The Balaban J connectivity index is 1.95. The minimum absolute atomic E-state index is 0.152. The topological polar surface area (TPSA) is 42.0 Å². The third-order valence-corrected chi connectivity index (χ3v) is 5.18. The van der Waals surface area contributed by atoms with Crippen LogP contribution in [-0.4, -0.2) is 28.4 Å². The van der Waals surface area contributed by atoms with Crippen molar-refractivity contribution in [3.05, 3.63) is 29.8 Å². The molecular formula is C14H19FN2OS. The summed E-state index contributed by atoms with van der Waals surface area (Å²) < 4.78 is 13.1. The largest absolute Gasteiger partial charge is 0.351 e. The number of halogens is 1. The van der Waals surface area contributed by atoms with Gasteiger partial charge in [-0.05, 0) is 25.2 Å². The Hall–Kier alpha value is -1.10. The smallest absolute Gasteiger partial charge is 0.251 e. The molecule has 1 aromatic rings. The Morgan fingerprint density at radius 1 is 1.47 bits per heavy atom. The molecule has 2 rings (SSSR count). The summed E-state index contributed by atoms with van der Waals surface area (Å²) in [6.07, 6.45) is 9.42. The summed E-state index contributed by atoms with van der Waals surface area (Å²) in [7, 11) is 0. The van der Waals surface area contributed by atoms with Gasteiger partial charge in [-0.2, -0.15) is 16.2 Å². The van der Waals surface area contributed by atoms with E-state index in [4.69, 9.17) is 0 Å². The van der Waals surface area contributed by atoms with Crippen LogP contribution in [0.2, 0.25) is 0 Å². The molecule has 1 heterocycles. The van der Waals surface area contributed by atoms with Gasteiger partial charge < -0.3 is 5.32 Å². The van der Waals surface area contributed by atoms with E-state index >= 15 is 0 Å². The van der Waals surface area contributed by atoms with Crippen molar-refractivity contribution in [3.63, 3.8) is 0 Å². The number of thioether (sulfide) groups is 1. The van der Waals surface area contributed by atoms with Crippen molar-refractivity contribution in [2.75, 3.05) is 12.8 Å². The van der Waals surface area contributed by atoms with Crippen LogP contribution >= 0.6 is 11.8 Å². The van der Waals surface area contributed by atoms with E-state index in [9.17, 15) is 9.18 Å². The fourth-order valence-electron chi connectivity index (χ4n) is 2.54. The Kier molecular flexibility index (Phi) is 4.80. The van der Waals surface area contributed by atoms with Crippen molar-refractivity contribution in [1.82, 2.24) is 10.3 Å². The first kappa shape index (κ1) is 14.3. The van der Waals surface area contributed by atoms with Gasteiger partial charge in [0.25, 0.3) is 5.91 Å². The van der Waals surface area contributed by atoms with E-state index in [-0.39, 0.29) is 10.7 Å². The van der Waals surface area contributed by atoms with Gasteiger partial charge >= 0.3 is 0 Å². The Morgan fingerprint density at radius 3 is 2.84 bits per heavy atom. The average molecular weight is 282 g/mol. The van der Waals surface area contributed by atoms with Crippen molar-refractivity contribution in [2.24, 2.45) is 0 Å². The number of amides is 1. The van der Waals surface area contributed by atoms with E-state index in [1.54, 1.807) is 0 Å². The van der Waals surface area contributed by atoms with Crippen molar-refractivity contribution >= 4 is 17.7 Å². The standard InChI is InChI=1S/C14H19FN2OS/c1-19-14(6-3-2-4-7-14)10-17-13(18)11-5-8-16-12(15)9-11/h5,8-9H,2-4,6-7,10H2,1H3,(H,17,18). The molecule has 5 heteroatoms. The van der Waals surface area contributed by atoms with E-state index in [0.717, 1.165) is 12.8 Å². The lowest BCUT2D eigenvalue weighted by Crippen LogP contribution is -2.41. The fraction of sp³-hybridized carbons (Fsp3) is 0.571. The van der Waals surface area contributed by atoms with Gasteiger partial charge in [0.15, 0.2) is 0 Å². The van der Waals surface area contributed by atoms with Crippen LogP contribution in [0.15, 0.2) is 18.3 Å². The first-order valence-corrected chi connectivity index (χ1v) is 7.83. The summed E-state index contributed by atoms with van der Waals surface area (Å²) in [6, 6.07) is 2.70. The molecule has 0 radical (unpaired) electrons. The quantitative estimate of drug-likeness (QED) is 0.863. The second kappa shape index (κ2) is 6.37. The fourth-order valence-corrected chi connectivity index (χ4v) is 3.45. The summed E-state index contributed by atoms with van der Waals surface area (Å²) in [5.41, 5.74) is 0.333. The number of hydrogen-bond acceptors (Lipinski definition) is 3. The minimum atomic E-state index is -0.620. The van der Waals surface area contributed by atoms with Crippen LogP contribution < -0.4 is 5.32 Å². The molecule has 1 saturated carbocycles. The van der Waals surface area contributed by atoms with Gasteiger partial charge in [0, 0.05) is 29.1 Å². The molecule has 1 aromatic heterocycles. The third kappa shape index (κ3) is 3.69. The lowest BCUT2D eigenvalue weighted by Gasteiger charge is -2.35. The molecule has 0 bridgehead atoms. The Morgan fingerprint density at radius 2 is 2.21 bits per heavy atom.